The van der Waals surface area contributed by atoms with Crippen LogP contribution in [-0.4, -0.2) is 14.4 Å². The Labute approximate surface area is 174 Å². The third kappa shape index (κ3) is 1.82. The van der Waals surface area contributed by atoms with Crippen LogP contribution in [0.3, 0.4) is 0 Å². The first-order valence-electron chi connectivity index (χ1n) is 10.2. The normalized spacial score (nSPS) is 12.5. The monoisotopic (exact) mass is 399 g/mol. The quantitative estimate of drug-likeness (QED) is 0.262. The van der Waals surface area contributed by atoms with Gasteiger partial charge in [-0.05, 0) is 24.3 Å². The fraction of sp³-hybridized carbons (Fsp3) is 0. The van der Waals surface area contributed by atoms with Crippen molar-refractivity contribution in [3.63, 3.8) is 0 Å². The number of aromatic nitrogens is 3. The number of imidazole rings is 1. The van der Waals surface area contributed by atoms with Crippen LogP contribution in [0, 0.1) is 0 Å². The number of furan rings is 2. The van der Waals surface area contributed by atoms with Crippen molar-refractivity contribution in [2.75, 3.05) is 0 Å². The van der Waals surface area contributed by atoms with Gasteiger partial charge in [0.25, 0.3) is 0 Å². The predicted octanol–water partition coefficient (Wildman–Crippen LogP) is 6.83. The van der Waals surface area contributed by atoms with Crippen LogP contribution in [-0.2, 0) is 0 Å². The molecule has 0 radical (unpaired) electrons. The van der Waals surface area contributed by atoms with Crippen molar-refractivity contribution in [3.05, 3.63) is 79.4 Å². The molecule has 5 aromatic heterocycles. The molecule has 0 saturated carbocycles. The maximum Gasteiger partial charge on any atom is 0.160 e. The van der Waals surface area contributed by atoms with E-state index < -0.39 is 0 Å². The molecule has 0 N–H and O–H groups in total. The molecule has 0 fully saturated rings. The summed E-state index contributed by atoms with van der Waals surface area (Å²) in [6, 6.07) is 18.6. The average molecular weight is 399 g/mol. The first kappa shape index (κ1) is 15.5. The zero-order valence-electron chi connectivity index (χ0n) is 16.2. The minimum Gasteiger partial charge on any atom is -0.456 e. The Morgan fingerprint density at radius 3 is 2.52 bits per heavy atom. The van der Waals surface area contributed by atoms with Crippen molar-refractivity contribution in [1.82, 2.24) is 14.4 Å². The van der Waals surface area contributed by atoms with Crippen LogP contribution < -0.4 is 0 Å². The molecule has 144 valence electrons. The lowest BCUT2D eigenvalue weighted by molar-refractivity contribution is 0.657. The summed E-state index contributed by atoms with van der Waals surface area (Å²) >= 11 is 0. The van der Waals surface area contributed by atoms with E-state index in [0.29, 0.717) is 0 Å². The van der Waals surface area contributed by atoms with Crippen LogP contribution in [0.5, 0.6) is 0 Å². The maximum atomic E-state index is 6.47. The van der Waals surface area contributed by atoms with E-state index in [1.54, 1.807) is 0 Å². The van der Waals surface area contributed by atoms with E-state index >= 15 is 0 Å². The van der Waals surface area contributed by atoms with Crippen molar-refractivity contribution in [2.24, 2.45) is 0 Å². The second kappa shape index (κ2) is 5.21. The molecule has 3 aromatic carbocycles. The summed E-state index contributed by atoms with van der Waals surface area (Å²) in [6.45, 7) is 0. The van der Waals surface area contributed by atoms with Gasteiger partial charge < -0.3 is 8.83 Å². The van der Waals surface area contributed by atoms with Crippen LogP contribution in [0.15, 0.2) is 88.2 Å². The molecular formula is C26H13N3O2. The zero-order chi connectivity index (χ0) is 20.1. The Bertz CT molecular complexity index is 2010. The molecule has 0 unspecified atom stereocenters. The van der Waals surface area contributed by atoms with E-state index in [1.165, 1.54) is 0 Å². The lowest BCUT2D eigenvalue weighted by Crippen LogP contribution is -1.91. The van der Waals surface area contributed by atoms with Gasteiger partial charge in [0.2, 0.25) is 0 Å². The Morgan fingerprint density at radius 1 is 0.645 bits per heavy atom. The minimum absolute atomic E-state index is 0.814. The van der Waals surface area contributed by atoms with E-state index in [0.717, 1.165) is 71.2 Å². The molecule has 5 heteroatoms. The molecule has 8 rings (SSSR count). The van der Waals surface area contributed by atoms with E-state index in [2.05, 4.69) is 38.6 Å². The van der Waals surface area contributed by atoms with E-state index in [4.69, 9.17) is 8.83 Å². The van der Waals surface area contributed by atoms with Crippen molar-refractivity contribution in [2.45, 2.75) is 0 Å². The number of hydrogen-bond acceptors (Lipinski definition) is 4. The van der Waals surface area contributed by atoms with E-state index in [-0.39, 0.29) is 0 Å². The Morgan fingerprint density at radius 2 is 1.52 bits per heavy atom. The summed E-state index contributed by atoms with van der Waals surface area (Å²) in [4.78, 5) is 8.96. The van der Waals surface area contributed by atoms with Crippen molar-refractivity contribution in [3.8, 4) is 0 Å². The molecular weight excluding hydrogens is 386 g/mol. The summed E-state index contributed by atoms with van der Waals surface area (Å²) < 4.78 is 14.7. The first-order chi connectivity index (χ1) is 15.4. The van der Waals surface area contributed by atoms with Crippen LogP contribution >= 0.6 is 0 Å². The van der Waals surface area contributed by atoms with Crippen molar-refractivity contribution >= 4 is 71.2 Å². The third-order valence-electron chi connectivity index (χ3n) is 6.35. The highest BCUT2D eigenvalue weighted by Crippen LogP contribution is 2.40. The minimum atomic E-state index is 0.814. The number of rotatable bonds is 0. The van der Waals surface area contributed by atoms with Gasteiger partial charge in [-0.25, -0.2) is 4.98 Å². The topological polar surface area (TPSA) is 56.5 Å². The number of fused-ring (bicyclic) bond motifs is 13. The van der Waals surface area contributed by atoms with Gasteiger partial charge in [-0.2, -0.15) is 0 Å². The van der Waals surface area contributed by atoms with Gasteiger partial charge >= 0.3 is 0 Å². The molecule has 0 saturated heterocycles. The Hall–Kier alpha value is -4.38. The largest absolute Gasteiger partial charge is 0.456 e. The number of para-hydroxylation sites is 1. The summed E-state index contributed by atoms with van der Waals surface area (Å²) in [6.07, 6.45) is 7.53. The van der Waals surface area contributed by atoms with E-state index in [9.17, 15) is 0 Å². The fourth-order valence-electron chi connectivity index (χ4n) is 4.99. The number of nitrogens with zero attached hydrogens (tertiary/aromatic N) is 3. The average Bonchev–Trinajstić information content (AvgIpc) is 3.52. The third-order valence-corrected chi connectivity index (χ3v) is 6.35. The lowest BCUT2D eigenvalue weighted by Gasteiger charge is -2.08. The summed E-state index contributed by atoms with van der Waals surface area (Å²) in [5.41, 5.74) is 5.28. The Kier molecular flexibility index (Phi) is 2.60. The predicted molar refractivity (Wildman–Crippen MR) is 123 cm³/mol. The van der Waals surface area contributed by atoms with Crippen molar-refractivity contribution < 1.29 is 8.83 Å². The van der Waals surface area contributed by atoms with Crippen molar-refractivity contribution in [1.29, 1.82) is 0 Å². The second-order valence-corrected chi connectivity index (χ2v) is 7.93. The zero-order valence-corrected chi connectivity index (χ0v) is 16.2. The number of hydrogen-bond donors (Lipinski definition) is 0. The molecule has 31 heavy (non-hydrogen) atoms. The smallest absolute Gasteiger partial charge is 0.160 e. The van der Waals surface area contributed by atoms with Crippen LogP contribution in [0.4, 0.5) is 0 Å². The molecule has 0 spiro atoms. The summed E-state index contributed by atoms with van der Waals surface area (Å²) in [5.74, 6) is 0. The van der Waals surface area contributed by atoms with Gasteiger partial charge in [-0.3, -0.25) is 9.38 Å². The number of benzene rings is 3. The standard InChI is InChI=1S/C26H13N3O2/c1-2-4-21-14(3-1)18-11-19-16-6-5-15-20-13-27-8-7-17(20)26-28-9-10-29(26)24(15)25(16)31-23(19)12-22(18)30-21/h1-13H. The Balaban J connectivity index is 1.62. The molecule has 5 heterocycles. The SMILES string of the molecule is c1ccc2c(c1)oc1cc3oc4c(ccc5c6cnccc6c6nccn6c54)c3cc12. The first-order valence-corrected chi connectivity index (χ1v) is 10.2. The van der Waals surface area contributed by atoms with Crippen LogP contribution in [0.25, 0.3) is 71.2 Å². The van der Waals surface area contributed by atoms with Gasteiger partial charge in [-0.15, -0.1) is 0 Å². The molecule has 0 atom stereocenters. The molecule has 5 nitrogen and oxygen atoms in total. The highest BCUT2D eigenvalue weighted by Gasteiger charge is 2.18. The lowest BCUT2D eigenvalue weighted by atomic mass is 10.0. The molecule has 0 amide bonds. The summed E-state index contributed by atoms with van der Waals surface area (Å²) in [7, 11) is 0. The molecule has 0 bridgehead atoms. The van der Waals surface area contributed by atoms with Crippen LogP contribution in [0.1, 0.15) is 0 Å². The fourth-order valence-corrected chi connectivity index (χ4v) is 4.99. The number of pyridine rings is 2. The van der Waals surface area contributed by atoms with Crippen LogP contribution in [0.2, 0.25) is 0 Å². The van der Waals surface area contributed by atoms with E-state index in [1.807, 2.05) is 55.1 Å². The highest BCUT2D eigenvalue weighted by molar-refractivity contribution is 6.23. The molecule has 0 aliphatic carbocycles. The van der Waals surface area contributed by atoms with Gasteiger partial charge in [0.1, 0.15) is 22.4 Å². The highest BCUT2D eigenvalue weighted by atomic mass is 16.3. The van der Waals surface area contributed by atoms with Gasteiger partial charge in [0.05, 0.1) is 5.52 Å². The van der Waals surface area contributed by atoms with Gasteiger partial charge in [0, 0.05) is 68.6 Å². The second-order valence-electron chi connectivity index (χ2n) is 7.93. The molecule has 0 aliphatic heterocycles. The van der Waals surface area contributed by atoms with Gasteiger partial charge in [0.15, 0.2) is 5.58 Å². The van der Waals surface area contributed by atoms with Gasteiger partial charge in [-0.1, -0.05) is 24.3 Å². The maximum absolute atomic E-state index is 6.47. The molecule has 0 aliphatic rings. The summed E-state index contributed by atoms with van der Waals surface area (Å²) in [5, 5.41) is 7.60. The molecule has 8 aromatic rings.